The molecule has 13 heavy (non-hydrogen) atoms. The number of nitrogens with zero attached hydrogens (tertiary/aromatic N) is 1. The third-order valence-corrected chi connectivity index (χ3v) is 2.69. The van der Waals surface area contributed by atoms with Crippen molar-refractivity contribution < 1.29 is 5.11 Å². The van der Waals surface area contributed by atoms with Crippen molar-refractivity contribution in [2.75, 3.05) is 7.05 Å². The Bertz CT molecular complexity index is 312. The second-order valence-electron chi connectivity index (χ2n) is 3.58. The number of benzene rings is 1. The van der Waals surface area contributed by atoms with E-state index in [-0.39, 0.29) is 6.04 Å². The molecule has 1 aliphatic carbocycles. The molecule has 0 bridgehead atoms. The third kappa shape index (κ3) is 1.35. The lowest BCUT2D eigenvalue weighted by Gasteiger charge is -2.21. The van der Waals surface area contributed by atoms with E-state index in [0.29, 0.717) is 0 Å². The van der Waals surface area contributed by atoms with E-state index < -0.39 is 6.10 Å². The number of hydrazine groups is 1. The molecule has 0 heterocycles. The molecule has 2 atom stereocenters. The number of hydrogen-bond donors (Lipinski definition) is 2. The van der Waals surface area contributed by atoms with Crippen LogP contribution in [0.25, 0.3) is 0 Å². The first-order valence-electron chi connectivity index (χ1n) is 4.43. The predicted molar refractivity (Wildman–Crippen MR) is 50.8 cm³/mol. The van der Waals surface area contributed by atoms with Crippen LogP contribution in [0.5, 0.6) is 0 Å². The highest BCUT2D eigenvalue weighted by Crippen LogP contribution is 2.32. The summed E-state index contributed by atoms with van der Waals surface area (Å²) in [7, 11) is 1.79. The molecule has 3 heteroatoms. The van der Waals surface area contributed by atoms with E-state index in [4.69, 9.17) is 5.84 Å². The molecular weight excluding hydrogens is 164 g/mol. The van der Waals surface area contributed by atoms with Gasteiger partial charge in [-0.05, 0) is 17.5 Å². The van der Waals surface area contributed by atoms with Crippen molar-refractivity contribution in [1.29, 1.82) is 0 Å². The van der Waals surface area contributed by atoms with Crippen LogP contribution in [0, 0.1) is 0 Å². The summed E-state index contributed by atoms with van der Waals surface area (Å²) in [6.45, 7) is 0. The van der Waals surface area contributed by atoms with E-state index in [2.05, 4.69) is 0 Å². The summed E-state index contributed by atoms with van der Waals surface area (Å²) in [6.07, 6.45) is 0.399. The van der Waals surface area contributed by atoms with Crippen LogP contribution in [0.4, 0.5) is 0 Å². The largest absolute Gasteiger partial charge is 0.387 e. The molecule has 0 aromatic heterocycles. The van der Waals surface area contributed by atoms with Gasteiger partial charge in [0.1, 0.15) is 0 Å². The lowest BCUT2D eigenvalue weighted by atomic mass is 10.1. The molecule has 1 aliphatic rings. The number of aliphatic hydroxyl groups is 1. The van der Waals surface area contributed by atoms with Crippen LogP contribution in [0.1, 0.15) is 17.2 Å². The smallest absolute Gasteiger partial charge is 0.0964 e. The van der Waals surface area contributed by atoms with Gasteiger partial charge < -0.3 is 5.11 Å². The van der Waals surface area contributed by atoms with Crippen LogP contribution < -0.4 is 5.84 Å². The number of aliphatic hydroxyl groups excluding tert-OH is 1. The minimum atomic E-state index is -0.439. The molecule has 0 spiro atoms. The summed E-state index contributed by atoms with van der Waals surface area (Å²) in [5.74, 6) is 5.64. The lowest BCUT2D eigenvalue weighted by molar-refractivity contribution is 0.0764. The molecule has 0 fully saturated rings. The molecule has 0 radical (unpaired) electrons. The summed E-state index contributed by atoms with van der Waals surface area (Å²) < 4.78 is 0. The number of fused-ring (bicyclic) bond motifs is 1. The summed E-state index contributed by atoms with van der Waals surface area (Å²) in [4.78, 5) is 0. The quantitative estimate of drug-likeness (QED) is 0.485. The maximum absolute atomic E-state index is 9.89. The van der Waals surface area contributed by atoms with Gasteiger partial charge in [-0.15, -0.1) is 0 Å². The second-order valence-corrected chi connectivity index (χ2v) is 3.58. The monoisotopic (exact) mass is 178 g/mol. The minimum Gasteiger partial charge on any atom is -0.387 e. The van der Waals surface area contributed by atoms with Gasteiger partial charge in [0.25, 0.3) is 0 Å². The van der Waals surface area contributed by atoms with Crippen LogP contribution in [0.15, 0.2) is 24.3 Å². The molecule has 3 N–H and O–H groups in total. The third-order valence-electron chi connectivity index (χ3n) is 2.69. The Morgan fingerprint density at radius 1 is 1.46 bits per heavy atom. The van der Waals surface area contributed by atoms with E-state index in [9.17, 15) is 5.11 Å². The van der Waals surface area contributed by atoms with E-state index in [0.717, 1.165) is 12.0 Å². The van der Waals surface area contributed by atoms with Crippen molar-refractivity contribution in [3.8, 4) is 0 Å². The Morgan fingerprint density at radius 2 is 2.15 bits per heavy atom. The SMILES string of the molecule is CN(N)[C@H]1Cc2ccccc2[C@@H]1O. The molecule has 0 unspecified atom stereocenters. The number of hydrogen-bond acceptors (Lipinski definition) is 3. The van der Waals surface area contributed by atoms with Gasteiger partial charge in [0.05, 0.1) is 12.1 Å². The first-order chi connectivity index (χ1) is 6.20. The molecule has 1 aromatic rings. The van der Waals surface area contributed by atoms with Crippen molar-refractivity contribution in [1.82, 2.24) is 5.01 Å². The summed E-state index contributed by atoms with van der Waals surface area (Å²) in [5.41, 5.74) is 2.22. The van der Waals surface area contributed by atoms with Crippen molar-refractivity contribution in [3.05, 3.63) is 35.4 Å². The normalized spacial score (nSPS) is 26.5. The molecular formula is C10H14N2O. The standard InChI is InChI=1S/C10H14N2O/c1-12(11)9-6-7-4-2-3-5-8(7)10(9)13/h2-5,9-10,13H,6,11H2,1H3/t9-,10-/m0/s1. The maximum Gasteiger partial charge on any atom is 0.0964 e. The van der Waals surface area contributed by atoms with Crippen LogP contribution in [0.2, 0.25) is 0 Å². The number of likely N-dealkylation sites (N-methyl/N-ethyl adjacent to an activating group) is 1. The maximum atomic E-state index is 9.89. The van der Waals surface area contributed by atoms with Crippen LogP contribution >= 0.6 is 0 Å². The Hall–Kier alpha value is -0.900. The summed E-state index contributed by atoms with van der Waals surface area (Å²) >= 11 is 0. The van der Waals surface area contributed by atoms with Gasteiger partial charge in [-0.2, -0.15) is 0 Å². The Labute approximate surface area is 77.7 Å². The second kappa shape index (κ2) is 3.10. The van der Waals surface area contributed by atoms with Crippen molar-refractivity contribution in [2.45, 2.75) is 18.6 Å². The Balaban J connectivity index is 2.32. The van der Waals surface area contributed by atoms with Gasteiger partial charge in [-0.3, -0.25) is 5.84 Å². The fraction of sp³-hybridized carbons (Fsp3) is 0.400. The summed E-state index contributed by atoms with van der Waals surface area (Å²) in [6, 6.07) is 7.97. The molecule has 70 valence electrons. The zero-order chi connectivity index (χ0) is 9.42. The van der Waals surface area contributed by atoms with Gasteiger partial charge in [0.15, 0.2) is 0 Å². The van der Waals surface area contributed by atoms with Crippen molar-refractivity contribution in [3.63, 3.8) is 0 Å². The minimum absolute atomic E-state index is 0.0254. The summed E-state index contributed by atoms with van der Waals surface area (Å²) in [5, 5.41) is 11.5. The molecule has 0 saturated carbocycles. The van der Waals surface area contributed by atoms with Gasteiger partial charge in [0, 0.05) is 7.05 Å². The Morgan fingerprint density at radius 3 is 2.77 bits per heavy atom. The van der Waals surface area contributed by atoms with Gasteiger partial charge in [-0.1, -0.05) is 24.3 Å². The number of nitrogens with two attached hydrogens (primary N) is 1. The molecule has 2 rings (SSSR count). The van der Waals surface area contributed by atoms with Gasteiger partial charge in [-0.25, -0.2) is 5.01 Å². The molecule has 3 nitrogen and oxygen atoms in total. The van der Waals surface area contributed by atoms with E-state index in [1.54, 1.807) is 12.1 Å². The fourth-order valence-corrected chi connectivity index (χ4v) is 1.92. The average Bonchev–Trinajstić information content (AvgIpc) is 2.45. The van der Waals surface area contributed by atoms with Crippen LogP contribution in [0.3, 0.4) is 0 Å². The van der Waals surface area contributed by atoms with Gasteiger partial charge in [0.2, 0.25) is 0 Å². The van der Waals surface area contributed by atoms with Gasteiger partial charge >= 0.3 is 0 Å². The zero-order valence-electron chi connectivity index (χ0n) is 7.64. The Kier molecular flexibility index (Phi) is 2.07. The average molecular weight is 178 g/mol. The lowest BCUT2D eigenvalue weighted by Crippen LogP contribution is -2.40. The van der Waals surface area contributed by atoms with E-state index in [1.165, 1.54) is 5.56 Å². The highest BCUT2D eigenvalue weighted by atomic mass is 16.3. The van der Waals surface area contributed by atoms with Crippen molar-refractivity contribution >= 4 is 0 Å². The molecule has 0 saturated heterocycles. The highest BCUT2D eigenvalue weighted by Gasteiger charge is 2.32. The number of rotatable bonds is 1. The first kappa shape index (κ1) is 8.69. The van der Waals surface area contributed by atoms with E-state index in [1.807, 2.05) is 24.3 Å². The highest BCUT2D eigenvalue weighted by molar-refractivity contribution is 5.35. The molecule has 0 aliphatic heterocycles. The zero-order valence-corrected chi connectivity index (χ0v) is 7.64. The van der Waals surface area contributed by atoms with Crippen LogP contribution in [-0.2, 0) is 6.42 Å². The molecule has 1 aromatic carbocycles. The van der Waals surface area contributed by atoms with Crippen LogP contribution in [-0.4, -0.2) is 23.2 Å². The topological polar surface area (TPSA) is 49.5 Å². The predicted octanol–water partition coefficient (Wildman–Crippen LogP) is 0.450. The molecule has 0 amide bonds. The fourth-order valence-electron chi connectivity index (χ4n) is 1.92. The van der Waals surface area contributed by atoms with E-state index >= 15 is 0 Å². The first-order valence-corrected chi connectivity index (χ1v) is 4.43. The van der Waals surface area contributed by atoms with Crippen molar-refractivity contribution in [2.24, 2.45) is 5.84 Å².